The minimum absolute atomic E-state index is 0.314. The van der Waals surface area contributed by atoms with E-state index in [1.54, 1.807) is 6.92 Å². The van der Waals surface area contributed by atoms with E-state index in [2.05, 4.69) is 50.3 Å². The first-order valence-corrected chi connectivity index (χ1v) is 8.55. The van der Waals surface area contributed by atoms with Crippen molar-refractivity contribution < 1.29 is 4.79 Å². The summed E-state index contributed by atoms with van der Waals surface area (Å²) >= 11 is 2.57. The Morgan fingerprint density at radius 3 is 2.22 bits per heavy atom. The molecule has 0 amide bonds. The van der Waals surface area contributed by atoms with Gasteiger partial charge in [-0.1, -0.05) is 69.5 Å². The van der Waals surface area contributed by atoms with Crippen LogP contribution in [0.1, 0.15) is 79.6 Å². The van der Waals surface area contributed by atoms with E-state index in [-0.39, 0.29) is 0 Å². The third-order valence-electron chi connectivity index (χ3n) is 3.91. The van der Waals surface area contributed by atoms with Gasteiger partial charge in [-0.15, -0.1) is 0 Å². The van der Waals surface area contributed by atoms with Gasteiger partial charge in [0.2, 0.25) is 0 Å². The standard InChI is InChI=1S/C16H31IO/c1-6-16(5,17)12-8-7-9-15(14(4)18)11-10-13(2)3/h13,15H,6-12H2,1-5H3. The van der Waals surface area contributed by atoms with Crippen LogP contribution in [0.4, 0.5) is 0 Å². The lowest BCUT2D eigenvalue weighted by atomic mass is 9.89. The van der Waals surface area contributed by atoms with E-state index in [1.165, 1.54) is 32.1 Å². The summed E-state index contributed by atoms with van der Waals surface area (Å²) < 4.78 is 0.446. The van der Waals surface area contributed by atoms with E-state index in [1.807, 2.05) is 0 Å². The second-order valence-corrected chi connectivity index (χ2v) is 8.90. The number of ketones is 1. The fourth-order valence-corrected chi connectivity index (χ4v) is 2.53. The highest BCUT2D eigenvalue weighted by Gasteiger charge is 2.18. The van der Waals surface area contributed by atoms with Crippen molar-refractivity contribution in [3.63, 3.8) is 0 Å². The van der Waals surface area contributed by atoms with E-state index in [4.69, 9.17) is 0 Å². The molecule has 0 aliphatic carbocycles. The largest absolute Gasteiger partial charge is 0.300 e. The third kappa shape index (κ3) is 9.35. The number of rotatable bonds is 10. The molecule has 1 nitrogen and oxygen atoms in total. The molecule has 0 rings (SSSR count). The predicted molar refractivity (Wildman–Crippen MR) is 89.4 cm³/mol. The molecule has 0 fully saturated rings. The van der Waals surface area contributed by atoms with Crippen LogP contribution in [-0.4, -0.2) is 9.20 Å². The Bertz CT molecular complexity index is 233. The zero-order valence-electron chi connectivity index (χ0n) is 12.9. The second kappa shape index (κ2) is 9.33. The molecule has 2 atom stereocenters. The van der Waals surface area contributed by atoms with Gasteiger partial charge in [-0.2, -0.15) is 0 Å². The molecule has 0 bridgehead atoms. The summed E-state index contributed by atoms with van der Waals surface area (Å²) in [5.41, 5.74) is 0. The lowest BCUT2D eigenvalue weighted by molar-refractivity contribution is -0.121. The number of carbonyl (C=O) groups is 1. The maximum absolute atomic E-state index is 11.6. The van der Waals surface area contributed by atoms with E-state index in [0.29, 0.717) is 21.0 Å². The number of carbonyl (C=O) groups excluding carboxylic acids is 1. The summed E-state index contributed by atoms with van der Waals surface area (Å²) in [5, 5.41) is 0. The zero-order valence-corrected chi connectivity index (χ0v) is 15.0. The highest BCUT2D eigenvalue weighted by molar-refractivity contribution is 14.1. The van der Waals surface area contributed by atoms with Gasteiger partial charge in [0.15, 0.2) is 0 Å². The van der Waals surface area contributed by atoms with E-state index < -0.39 is 0 Å². The molecule has 2 heteroatoms. The summed E-state index contributed by atoms with van der Waals surface area (Å²) in [5.74, 6) is 1.42. The quantitative estimate of drug-likeness (QED) is 0.272. The number of alkyl halides is 1. The number of unbranched alkanes of at least 4 members (excludes halogenated alkanes) is 1. The van der Waals surface area contributed by atoms with E-state index in [0.717, 1.165) is 12.8 Å². The third-order valence-corrected chi connectivity index (χ3v) is 5.21. The fraction of sp³-hybridized carbons (Fsp3) is 0.938. The number of hydrogen-bond donors (Lipinski definition) is 0. The molecule has 2 unspecified atom stereocenters. The van der Waals surface area contributed by atoms with Gasteiger partial charge in [-0.3, -0.25) is 4.79 Å². The summed E-state index contributed by atoms with van der Waals surface area (Å²) in [7, 11) is 0. The zero-order chi connectivity index (χ0) is 14.2. The van der Waals surface area contributed by atoms with Crippen LogP contribution in [0, 0.1) is 11.8 Å². The predicted octanol–water partition coefficient (Wildman–Crippen LogP) is 5.79. The molecular formula is C16H31IO. The average Bonchev–Trinajstić information content (AvgIpc) is 2.27. The molecule has 0 saturated heterocycles. The second-order valence-electron chi connectivity index (χ2n) is 6.29. The molecule has 0 aliphatic heterocycles. The lowest BCUT2D eigenvalue weighted by Gasteiger charge is -2.21. The first kappa shape index (κ1) is 18.4. The summed E-state index contributed by atoms with van der Waals surface area (Å²) in [6.45, 7) is 10.8. The maximum atomic E-state index is 11.6. The monoisotopic (exact) mass is 366 g/mol. The highest BCUT2D eigenvalue weighted by Crippen LogP contribution is 2.29. The van der Waals surface area contributed by atoms with Crippen molar-refractivity contribution in [2.24, 2.45) is 11.8 Å². The average molecular weight is 366 g/mol. The Kier molecular flexibility index (Phi) is 9.53. The molecule has 0 heterocycles. The summed E-state index contributed by atoms with van der Waals surface area (Å²) in [6.07, 6.45) is 8.35. The van der Waals surface area contributed by atoms with Crippen molar-refractivity contribution in [2.45, 2.75) is 83.0 Å². The Labute approximate surface area is 128 Å². The number of hydrogen-bond acceptors (Lipinski definition) is 1. The van der Waals surface area contributed by atoms with Crippen LogP contribution in [0.5, 0.6) is 0 Å². The first-order chi connectivity index (χ1) is 8.28. The van der Waals surface area contributed by atoms with Gasteiger partial charge in [0, 0.05) is 9.34 Å². The Morgan fingerprint density at radius 1 is 1.17 bits per heavy atom. The van der Waals surface area contributed by atoms with Crippen LogP contribution >= 0.6 is 22.6 Å². The topological polar surface area (TPSA) is 17.1 Å². The van der Waals surface area contributed by atoms with Crippen molar-refractivity contribution in [3.05, 3.63) is 0 Å². The lowest BCUT2D eigenvalue weighted by Crippen LogP contribution is -2.15. The first-order valence-electron chi connectivity index (χ1n) is 7.48. The molecule has 0 aromatic rings. The fourth-order valence-electron chi connectivity index (χ4n) is 2.15. The van der Waals surface area contributed by atoms with Crippen molar-refractivity contribution in [1.29, 1.82) is 0 Å². The van der Waals surface area contributed by atoms with Crippen molar-refractivity contribution >= 4 is 28.4 Å². The van der Waals surface area contributed by atoms with Gasteiger partial charge in [-0.25, -0.2) is 0 Å². The highest BCUT2D eigenvalue weighted by atomic mass is 127. The minimum Gasteiger partial charge on any atom is -0.300 e. The molecule has 0 saturated carbocycles. The van der Waals surface area contributed by atoms with Gasteiger partial charge in [0.1, 0.15) is 5.78 Å². The van der Waals surface area contributed by atoms with Crippen LogP contribution in [-0.2, 0) is 4.79 Å². The SMILES string of the molecule is CCC(C)(I)CCCCC(CCC(C)C)C(C)=O. The number of Topliss-reactive ketones (excluding diaryl/α,β-unsaturated/α-hetero) is 1. The van der Waals surface area contributed by atoms with Gasteiger partial charge in [0.05, 0.1) is 0 Å². The van der Waals surface area contributed by atoms with Crippen LogP contribution in [0.15, 0.2) is 0 Å². The molecule has 108 valence electrons. The van der Waals surface area contributed by atoms with E-state index in [9.17, 15) is 4.79 Å². The van der Waals surface area contributed by atoms with E-state index >= 15 is 0 Å². The molecule has 0 radical (unpaired) electrons. The Morgan fingerprint density at radius 2 is 1.78 bits per heavy atom. The normalized spacial score (nSPS) is 16.6. The van der Waals surface area contributed by atoms with Crippen LogP contribution in [0.2, 0.25) is 0 Å². The van der Waals surface area contributed by atoms with Gasteiger partial charge < -0.3 is 0 Å². The van der Waals surface area contributed by atoms with Crippen molar-refractivity contribution in [1.82, 2.24) is 0 Å². The van der Waals surface area contributed by atoms with Gasteiger partial charge >= 0.3 is 0 Å². The smallest absolute Gasteiger partial charge is 0.132 e. The van der Waals surface area contributed by atoms with Crippen molar-refractivity contribution in [3.8, 4) is 0 Å². The summed E-state index contributed by atoms with van der Waals surface area (Å²) in [4.78, 5) is 11.6. The Balaban J connectivity index is 3.88. The minimum atomic E-state index is 0.314. The van der Waals surface area contributed by atoms with Crippen LogP contribution < -0.4 is 0 Å². The molecule has 0 aromatic heterocycles. The van der Waals surface area contributed by atoms with Gasteiger partial charge in [-0.05, 0) is 38.5 Å². The number of halogens is 1. The Hall–Kier alpha value is 0.400. The molecule has 0 spiro atoms. The molecule has 18 heavy (non-hydrogen) atoms. The molecular weight excluding hydrogens is 335 g/mol. The molecule has 0 N–H and O–H groups in total. The molecule has 0 aliphatic rings. The van der Waals surface area contributed by atoms with Crippen molar-refractivity contribution in [2.75, 3.05) is 0 Å². The maximum Gasteiger partial charge on any atom is 0.132 e. The molecule has 0 aromatic carbocycles. The van der Waals surface area contributed by atoms with Crippen LogP contribution in [0.25, 0.3) is 0 Å². The summed E-state index contributed by atoms with van der Waals surface area (Å²) in [6, 6.07) is 0. The van der Waals surface area contributed by atoms with Crippen LogP contribution in [0.3, 0.4) is 0 Å². The van der Waals surface area contributed by atoms with Gasteiger partial charge in [0.25, 0.3) is 0 Å².